The van der Waals surface area contributed by atoms with Crippen LogP contribution in [0.3, 0.4) is 0 Å². The molecule has 1 aliphatic rings. The zero-order valence-corrected chi connectivity index (χ0v) is 14.3. The van der Waals surface area contributed by atoms with Crippen molar-refractivity contribution in [2.75, 3.05) is 16.8 Å². The summed E-state index contributed by atoms with van der Waals surface area (Å²) >= 11 is 0. The van der Waals surface area contributed by atoms with E-state index in [9.17, 15) is 18.0 Å². The van der Waals surface area contributed by atoms with E-state index in [0.717, 1.165) is 37.9 Å². The molecule has 1 N–H and O–H groups in total. The second kappa shape index (κ2) is 7.72. The third-order valence-corrected chi connectivity index (χ3v) is 4.54. The standard InChI is InChI=1S/C18H19F3N4O/c1-2-12-5-3-4-8-25(12)18-22-9-11(10-23-18)17(26)24-14-7-6-13(19)15(20)16(14)21/h6-7,9-10,12H,2-5,8H2,1H3,(H,24,26). The third-order valence-electron chi connectivity index (χ3n) is 4.54. The molecule has 0 spiro atoms. The molecule has 1 atom stereocenters. The predicted octanol–water partition coefficient (Wildman–Crippen LogP) is 3.92. The van der Waals surface area contributed by atoms with Crippen LogP contribution in [0.2, 0.25) is 0 Å². The van der Waals surface area contributed by atoms with E-state index in [1.54, 1.807) is 0 Å². The topological polar surface area (TPSA) is 58.1 Å². The normalized spacial score (nSPS) is 17.2. The molecule has 5 nitrogen and oxygen atoms in total. The van der Waals surface area contributed by atoms with Gasteiger partial charge >= 0.3 is 0 Å². The number of hydrogen-bond acceptors (Lipinski definition) is 4. The maximum atomic E-state index is 13.7. The Morgan fingerprint density at radius 1 is 1.19 bits per heavy atom. The molecule has 1 amide bonds. The molecule has 2 aromatic rings. The van der Waals surface area contributed by atoms with Crippen LogP contribution in [0.25, 0.3) is 0 Å². The summed E-state index contributed by atoms with van der Waals surface area (Å²) in [5.74, 6) is -4.56. The molecule has 1 saturated heterocycles. The van der Waals surface area contributed by atoms with Crippen LogP contribution < -0.4 is 10.2 Å². The fraction of sp³-hybridized carbons (Fsp3) is 0.389. The van der Waals surface area contributed by atoms with E-state index in [0.29, 0.717) is 12.0 Å². The largest absolute Gasteiger partial charge is 0.338 e. The first kappa shape index (κ1) is 18.2. The number of rotatable bonds is 4. The molecule has 1 unspecified atom stereocenters. The molecule has 3 rings (SSSR count). The van der Waals surface area contributed by atoms with Crippen molar-refractivity contribution in [1.29, 1.82) is 0 Å². The Kier molecular flexibility index (Phi) is 5.39. The minimum absolute atomic E-state index is 0.0999. The maximum absolute atomic E-state index is 13.7. The highest BCUT2D eigenvalue weighted by Crippen LogP contribution is 2.24. The number of nitrogens with zero attached hydrogens (tertiary/aromatic N) is 3. The molecule has 1 aromatic carbocycles. The second-order valence-electron chi connectivity index (χ2n) is 6.20. The van der Waals surface area contributed by atoms with Gasteiger partial charge in [-0.3, -0.25) is 4.79 Å². The van der Waals surface area contributed by atoms with Gasteiger partial charge in [-0.1, -0.05) is 6.92 Å². The summed E-state index contributed by atoms with van der Waals surface area (Å²) < 4.78 is 39.9. The third kappa shape index (κ3) is 3.63. The molecule has 1 aromatic heterocycles. The highest BCUT2D eigenvalue weighted by molar-refractivity contribution is 6.03. The monoisotopic (exact) mass is 364 g/mol. The van der Waals surface area contributed by atoms with Crippen molar-refractivity contribution in [2.45, 2.75) is 38.6 Å². The Hall–Kier alpha value is -2.64. The quantitative estimate of drug-likeness (QED) is 0.836. The Balaban J connectivity index is 1.74. The first-order valence-corrected chi connectivity index (χ1v) is 8.54. The second-order valence-corrected chi connectivity index (χ2v) is 6.20. The molecule has 0 radical (unpaired) electrons. The van der Waals surface area contributed by atoms with Gasteiger partial charge in [0.1, 0.15) is 0 Å². The molecule has 138 valence electrons. The lowest BCUT2D eigenvalue weighted by Gasteiger charge is -2.35. The molecule has 1 fully saturated rings. The summed E-state index contributed by atoms with van der Waals surface area (Å²) in [6.45, 7) is 2.98. The number of anilines is 2. The summed E-state index contributed by atoms with van der Waals surface area (Å²) in [4.78, 5) is 22.8. The van der Waals surface area contributed by atoms with Gasteiger partial charge in [-0.05, 0) is 37.8 Å². The molecule has 1 aliphatic heterocycles. The molecular weight excluding hydrogens is 345 g/mol. The number of amides is 1. The number of piperidine rings is 1. The number of carbonyl (C=O) groups excluding carboxylic acids is 1. The van der Waals surface area contributed by atoms with Crippen molar-refractivity contribution in [3.63, 3.8) is 0 Å². The van der Waals surface area contributed by atoms with Gasteiger partial charge in [-0.25, -0.2) is 23.1 Å². The summed E-state index contributed by atoms with van der Waals surface area (Å²) in [7, 11) is 0. The number of hydrogen-bond donors (Lipinski definition) is 1. The fourth-order valence-corrected chi connectivity index (χ4v) is 3.09. The van der Waals surface area contributed by atoms with E-state index >= 15 is 0 Å². The van der Waals surface area contributed by atoms with E-state index in [4.69, 9.17) is 0 Å². The predicted molar refractivity (Wildman–Crippen MR) is 91.6 cm³/mol. The van der Waals surface area contributed by atoms with Gasteiger partial charge in [-0.15, -0.1) is 0 Å². The van der Waals surface area contributed by atoms with E-state index in [1.807, 2.05) is 0 Å². The van der Waals surface area contributed by atoms with E-state index in [2.05, 4.69) is 27.1 Å². The van der Waals surface area contributed by atoms with Crippen LogP contribution >= 0.6 is 0 Å². The van der Waals surface area contributed by atoms with Gasteiger partial charge in [0.2, 0.25) is 5.95 Å². The Labute approximate surface area is 149 Å². The van der Waals surface area contributed by atoms with Crippen LogP contribution in [0, 0.1) is 17.5 Å². The summed E-state index contributed by atoms with van der Waals surface area (Å²) in [5, 5.41) is 2.20. The summed E-state index contributed by atoms with van der Waals surface area (Å²) in [6, 6.07) is 2.08. The highest BCUT2D eigenvalue weighted by Gasteiger charge is 2.23. The van der Waals surface area contributed by atoms with Crippen LogP contribution in [0.1, 0.15) is 43.0 Å². The highest BCUT2D eigenvalue weighted by atomic mass is 19.2. The summed E-state index contributed by atoms with van der Waals surface area (Å²) in [5.41, 5.74) is -0.344. The molecule has 0 bridgehead atoms. The molecule has 26 heavy (non-hydrogen) atoms. The summed E-state index contributed by atoms with van der Waals surface area (Å²) in [6.07, 6.45) is 7.00. The lowest BCUT2D eigenvalue weighted by Crippen LogP contribution is -2.40. The van der Waals surface area contributed by atoms with Crippen molar-refractivity contribution in [1.82, 2.24) is 9.97 Å². The first-order valence-electron chi connectivity index (χ1n) is 8.54. The molecule has 0 saturated carbocycles. The fourth-order valence-electron chi connectivity index (χ4n) is 3.09. The number of aromatic nitrogens is 2. The van der Waals surface area contributed by atoms with Crippen molar-refractivity contribution < 1.29 is 18.0 Å². The zero-order chi connectivity index (χ0) is 18.7. The van der Waals surface area contributed by atoms with Crippen molar-refractivity contribution in [3.8, 4) is 0 Å². The number of nitrogens with one attached hydrogen (secondary N) is 1. The smallest absolute Gasteiger partial charge is 0.258 e. The van der Waals surface area contributed by atoms with Crippen LogP contribution in [0.5, 0.6) is 0 Å². The van der Waals surface area contributed by atoms with Crippen molar-refractivity contribution in [2.24, 2.45) is 0 Å². The number of benzene rings is 1. The SMILES string of the molecule is CCC1CCCCN1c1ncc(C(=O)Nc2ccc(F)c(F)c2F)cn1. The molecule has 2 heterocycles. The molecular formula is C18H19F3N4O. The number of carbonyl (C=O) groups is 1. The average Bonchev–Trinajstić information content (AvgIpc) is 2.68. The van der Waals surface area contributed by atoms with Gasteiger partial charge in [0.15, 0.2) is 17.5 Å². The molecule has 8 heteroatoms. The van der Waals surface area contributed by atoms with E-state index < -0.39 is 29.0 Å². The Morgan fingerprint density at radius 2 is 1.92 bits per heavy atom. The number of halogens is 3. The van der Waals surface area contributed by atoms with Crippen molar-refractivity contribution in [3.05, 3.63) is 47.5 Å². The minimum Gasteiger partial charge on any atom is -0.338 e. The van der Waals surface area contributed by atoms with Gasteiger partial charge in [-0.2, -0.15) is 0 Å². The van der Waals surface area contributed by atoms with E-state index in [-0.39, 0.29) is 5.56 Å². The average molecular weight is 364 g/mol. The van der Waals surface area contributed by atoms with Gasteiger partial charge < -0.3 is 10.2 Å². The lowest BCUT2D eigenvalue weighted by atomic mass is 10.0. The van der Waals surface area contributed by atoms with Gasteiger partial charge in [0.05, 0.1) is 11.3 Å². The van der Waals surface area contributed by atoms with Crippen molar-refractivity contribution >= 4 is 17.5 Å². The Morgan fingerprint density at radius 3 is 2.62 bits per heavy atom. The Bertz CT molecular complexity index is 798. The van der Waals surface area contributed by atoms with E-state index in [1.165, 1.54) is 18.8 Å². The van der Waals surface area contributed by atoms with Gasteiger partial charge in [0.25, 0.3) is 5.91 Å². The van der Waals surface area contributed by atoms with Gasteiger partial charge in [0, 0.05) is 25.0 Å². The first-order chi connectivity index (χ1) is 12.5. The van der Waals surface area contributed by atoms with Crippen LogP contribution in [-0.4, -0.2) is 28.5 Å². The maximum Gasteiger partial charge on any atom is 0.258 e. The lowest BCUT2D eigenvalue weighted by molar-refractivity contribution is 0.102. The van der Waals surface area contributed by atoms with Crippen LogP contribution in [0.4, 0.5) is 24.8 Å². The molecule has 0 aliphatic carbocycles. The zero-order valence-electron chi connectivity index (χ0n) is 14.3. The minimum atomic E-state index is -1.63. The van der Waals surface area contributed by atoms with Crippen LogP contribution in [-0.2, 0) is 0 Å². The van der Waals surface area contributed by atoms with Crippen LogP contribution in [0.15, 0.2) is 24.5 Å².